The molecular formula is C22H29ClN4O2S. The van der Waals surface area contributed by atoms with E-state index in [0.717, 1.165) is 30.7 Å². The summed E-state index contributed by atoms with van der Waals surface area (Å²) >= 11 is 7.42. The predicted octanol–water partition coefficient (Wildman–Crippen LogP) is 4.86. The van der Waals surface area contributed by atoms with Gasteiger partial charge in [-0.25, -0.2) is 4.98 Å². The minimum atomic E-state index is 0.186. The minimum absolute atomic E-state index is 0.186. The van der Waals surface area contributed by atoms with Crippen LogP contribution in [0.4, 0.5) is 0 Å². The summed E-state index contributed by atoms with van der Waals surface area (Å²) in [6.07, 6.45) is 3.40. The number of H-pyrrole nitrogens is 1. The molecule has 162 valence electrons. The molecule has 2 fully saturated rings. The fourth-order valence-corrected chi connectivity index (χ4v) is 6.05. The molecule has 0 spiro atoms. The molecule has 1 aliphatic heterocycles. The molecule has 2 heterocycles. The first-order valence-corrected chi connectivity index (χ1v) is 11.7. The molecule has 1 saturated heterocycles. The topological polar surface area (TPSA) is 71.1 Å². The summed E-state index contributed by atoms with van der Waals surface area (Å²) in [5.41, 5.74) is 1.52. The number of ether oxygens (including phenoxy) is 1. The van der Waals surface area contributed by atoms with Crippen molar-refractivity contribution in [1.29, 1.82) is 0 Å². The largest absolute Gasteiger partial charge is 0.486 e. The number of fused-ring (bicyclic) bond motifs is 2. The summed E-state index contributed by atoms with van der Waals surface area (Å²) in [5, 5.41) is 8.39. The molecule has 2 atom stereocenters. The molecule has 1 N–H and O–H groups in total. The van der Waals surface area contributed by atoms with E-state index in [0.29, 0.717) is 33.2 Å². The number of likely N-dealkylation sites (tertiary alicyclic amines) is 1. The number of amides is 1. The maximum Gasteiger partial charge on any atom is 0.233 e. The van der Waals surface area contributed by atoms with Gasteiger partial charge in [-0.2, -0.15) is 0 Å². The first-order valence-electron chi connectivity index (χ1n) is 10.4. The second-order valence-electron chi connectivity index (χ2n) is 9.79. The number of aromatic amines is 1. The molecular weight excluding hydrogens is 420 g/mol. The average Bonchev–Trinajstić information content (AvgIpc) is 3.21. The number of carbonyl (C=O) groups is 1. The lowest BCUT2D eigenvalue weighted by atomic mass is 9.65. The molecule has 1 aliphatic carbocycles. The maximum atomic E-state index is 12.9. The summed E-state index contributed by atoms with van der Waals surface area (Å²) in [5.74, 6) is 1.91. The molecule has 6 nitrogen and oxygen atoms in total. The highest BCUT2D eigenvalue weighted by atomic mass is 35.5. The number of nitrogens with zero attached hydrogens (tertiary/aromatic N) is 3. The third kappa shape index (κ3) is 4.78. The van der Waals surface area contributed by atoms with Crippen LogP contribution in [-0.4, -0.2) is 44.3 Å². The Labute approximate surface area is 187 Å². The van der Waals surface area contributed by atoms with Crippen molar-refractivity contribution >= 4 is 29.3 Å². The maximum absolute atomic E-state index is 12.9. The van der Waals surface area contributed by atoms with Gasteiger partial charge >= 0.3 is 0 Å². The number of halogens is 1. The lowest BCUT2D eigenvalue weighted by Gasteiger charge is -2.39. The lowest BCUT2D eigenvalue weighted by Crippen LogP contribution is -2.38. The molecule has 2 aromatic rings. The lowest BCUT2D eigenvalue weighted by molar-refractivity contribution is -0.129. The van der Waals surface area contributed by atoms with Crippen molar-refractivity contribution in [3.05, 3.63) is 34.6 Å². The highest BCUT2D eigenvalue weighted by Gasteiger charge is 2.50. The van der Waals surface area contributed by atoms with Gasteiger partial charge in [0.25, 0.3) is 0 Å². The third-order valence-corrected chi connectivity index (χ3v) is 7.33. The first-order chi connectivity index (χ1) is 14.1. The fourth-order valence-electron chi connectivity index (χ4n) is 5.23. The molecule has 1 aromatic carbocycles. The van der Waals surface area contributed by atoms with E-state index in [1.807, 2.05) is 25.1 Å². The van der Waals surface area contributed by atoms with Gasteiger partial charge in [0.2, 0.25) is 11.1 Å². The Morgan fingerprint density at radius 1 is 1.37 bits per heavy atom. The van der Waals surface area contributed by atoms with Gasteiger partial charge in [-0.15, -0.1) is 5.10 Å². The van der Waals surface area contributed by atoms with Gasteiger partial charge in [-0.3, -0.25) is 9.89 Å². The van der Waals surface area contributed by atoms with E-state index in [4.69, 9.17) is 16.3 Å². The summed E-state index contributed by atoms with van der Waals surface area (Å²) < 4.78 is 5.75. The summed E-state index contributed by atoms with van der Waals surface area (Å²) in [6, 6.07) is 5.90. The Kier molecular flexibility index (Phi) is 5.79. The third-order valence-electron chi connectivity index (χ3n) is 6.08. The van der Waals surface area contributed by atoms with Gasteiger partial charge in [0.1, 0.15) is 12.4 Å². The van der Waals surface area contributed by atoms with Gasteiger partial charge in [-0.1, -0.05) is 44.1 Å². The van der Waals surface area contributed by atoms with Gasteiger partial charge in [-0.05, 0) is 60.8 Å². The summed E-state index contributed by atoms with van der Waals surface area (Å²) in [7, 11) is 0. The van der Waals surface area contributed by atoms with Crippen molar-refractivity contribution < 1.29 is 9.53 Å². The number of carbonyl (C=O) groups excluding carboxylic acids is 1. The highest BCUT2D eigenvalue weighted by molar-refractivity contribution is 7.99. The number of nitrogens with one attached hydrogen (secondary N) is 1. The van der Waals surface area contributed by atoms with E-state index in [1.54, 1.807) is 0 Å². The van der Waals surface area contributed by atoms with Crippen LogP contribution in [0.2, 0.25) is 5.02 Å². The number of hydrogen-bond donors (Lipinski definition) is 1. The number of aromatic nitrogens is 3. The zero-order valence-corrected chi connectivity index (χ0v) is 19.6. The summed E-state index contributed by atoms with van der Waals surface area (Å²) in [6.45, 7) is 10.1. The SMILES string of the molecule is Cc1cc(OCc2nc(SCC(=O)N3C[C@]4(C)C[C@H]3CC(C)(C)C4)n[nH]2)ccc1Cl. The second kappa shape index (κ2) is 8.08. The molecule has 1 saturated carbocycles. The fraction of sp³-hybridized carbons (Fsp3) is 0.591. The van der Waals surface area contributed by atoms with Crippen LogP contribution in [0, 0.1) is 17.8 Å². The van der Waals surface area contributed by atoms with Crippen molar-refractivity contribution in [3.63, 3.8) is 0 Å². The van der Waals surface area contributed by atoms with Crippen molar-refractivity contribution in [1.82, 2.24) is 20.1 Å². The molecule has 2 bridgehead atoms. The molecule has 1 aromatic heterocycles. The van der Waals surface area contributed by atoms with Crippen LogP contribution in [0.1, 0.15) is 51.4 Å². The Hall–Kier alpha value is -1.73. The van der Waals surface area contributed by atoms with Crippen LogP contribution in [0.15, 0.2) is 23.4 Å². The van der Waals surface area contributed by atoms with Crippen LogP contribution in [-0.2, 0) is 11.4 Å². The molecule has 30 heavy (non-hydrogen) atoms. The Balaban J connectivity index is 1.29. The van der Waals surface area contributed by atoms with Crippen LogP contribution in [0.3, 0.4) is 0 Å². The average molecular weight is 449 g/mol. The highest BCUT2D eigenvalue weighted by Crippen LogP contribution is 2.52. The molecule has 0 radical (unpaired) electrons. The van der Waals surface area contributed by atoms with E-state index in [2.05, 4.69) is 40.9 Å². The zero-order chi connectivity index (χ0) is 21.5. The number of thioether (sulfide) groups is 1. The zero-order valence-electron chi connectivity index (χ0n) is 18.0. The van der Waals surface area contributed by atoms with Crippen molar-refractivity contribution in [2.24, 2.45) is 10.8 Å². The molecule has 0 unspecified atom stereocenters. The normalized spacial score (nSPS) is 24.8. The van der Waals surface area contributed by atoms with Crippen LogP contribution in [0.25, 0.3) is 0 Å². The van der Waals surface area contributed by atoms with E-state index in [-0.39, 0.29) is 17.9 Å². The summed E-state index contributed by atoms with van der Waals surface area (Å²) in [4.78, 5) is 19.4. The van der Waals surface area contributed by atoms with E-state index >= 15 is 0 Å². The molecule has 2 aliphatic rings. The quantitative estimate of drug-likeness (QED) is 0.638. The smallest absolute Gasteiger partial charge is 0.233 e. The predicted molar refractivity (Wildman–Crippen MR) is 119 cm³/mol. The van der Waals surface area contributed by atoms with Crippen LogP contribution >= 0.6 is 23.4 Å². The number of rotatable bonds is 6. The molecule has 1 amide bonds. The number of benzene rings is 1. The van der Waals surface area contributed by atoms with Gasteiger partial charge in [0.05, 0.1) is 5.75 Å². The second-order valence-corrected chi connectivity index (χ2v) is 11.1. The Morgan fingerprint density at radius 2 is 2.17 bits per heavy atom. The number of hydrogen-bond acceptors (Lipinski definition) is 5. The van der Waals surface area contributed by atoms with Gasteiger partial charge in [0.15, 0.2) is 5.82 Å². The van der Waals surface area contributed by atoms with Crippen LogP contribution < -0.4 is 4.74 Å². The molecule has 8 heteroatoms. The standard InChI is InChI=1S/C22H29ClN4O2S/c1-14-7-16(5-6-17(14)23)29-10-18-24-20(26-25-18)30-11-19(28)27-13-22(4)9-15(27)8-21(2,3)12-22/h5-7,15H,8-13H2,1-4H3,(H,24,25,26)/t15-,22-/m1/s1. The minimum Gasteiger partial charge on any atom is -0.486 e. The van der Waals surface area contributed by atoms with Gasteiger partial charge in [0, 0.05) is 17.6 Å². The molecule has 4 rings (SSSR count). The Morgan fingerprint density at radius 3 is 2.93 bits per heavy atom. The van der Waals surface area contributed by atoms with E-state index < -0.39 is 0 Å². The number of aryl methyl sites for hydroxylation is 1. The van der Waals surface area contributed by atoms with Crippen molar-refractivity contribution in [2.75, 3.05) is 12.3 Å². The Bertz CT molecular complexity index is 947. The monoisotopic (exact) mass is 448 g/mol. The van der Waals surface area contributed by atoms with E-state index in [9.17, 15) is 4.79 Å². The van der Waals surface area contributed by atoms with Crippen molar-refractivity contribution in [3.8, 4) is 5.75 Å². The van der Waals surface area contributed by atoms with E-state index in [1.165, 1.54) is 18.2 Å². The van der Waals surface area contributed by atoms with Crippen molar-refractivity contribution in [2.45, 2.75) is 64.8 Å². The first kappa shape index (κ1) is 21.5. The van der Waals surface area contributed by atoms with Gasteiger partial charge < -0.3 is 9.64 Å². The van der Waals surface area contributed by atoms with Crippen LogP contribution in [0.5, 0.6) is 5.75 Å².